The number of hydrogen-bond donors (Lipinski definition) is 0. The SMILES string of the molecule is CCOC(=O)N1CCCN(C(=O)Cc2ccc(SC)cc2)CC1. The topological polar surface area (TPSA) is 49.9 Å². The van der Waals surface area contributed by atoms with Gasteiger partial charge in [-0.05, 0) is 37.3 Å². The Morgan fingerprint density at radius 1 is 1.09 bits per heavy atom. The highest BCUT2D eigenvalue weighted by Gasteiger charge is 2.22. The van der Waals surface area contributed by atoms with Crippen molar-refractivity contribution in [1.29, 1.82) is 0 Å². The highest BCUT2D eigenvalue weighted by atomic mass is 32.2. The van der Waals surface area contributed by atoms with Crippen LogP contribution < -0.4 is 0 Å². The number of ether oxygens (including phenoxy) is 1. The number of thioether (sulfide) groups is 1. The number of carbonyl (C=O) groups excluding carboxylic acids is 2. The average molecular weight is 336 g/mol. The molecular formula is C17H24N2O3S. The molecule has 5 nitrogen and oxygen atoms in total. The zero-order valence-electron chi connectivity index (χ0n) is 13.8. The van der Waals surface area contributed by atoms with Crippen LogP contribution >= 0.6 is 11.8 Å². The molecule has 0 aromatic heterocycles. The number of hydrogen-bond acceptors (Lipinski definition) is 4. The molecule has 0 unspecified atom stereocenters. The van der Waals surface area contributed by atoms with Gasteiger partial charge in [0.1, 0.15) is 0 Å². The van der Waals surface area contributed by atoms with E-state index in [0.29, 0.717) is 39.2 Å². The summed E-state index contributed by atoms with van der Waals surface area (Å²) in [6.07, 6.45) is 2.95. The summed E-state index contributed by atoms with van der Waals surface area (Å²) in [5.41, 5.74) is 1.03. The number of nitrogens with zero attached hydrogens (tertiary/aromatic N) is 2. The zero-order chi connectivity index (χ0) is 16.7. The van der Waals surface area contributed by atoms with Gasteiger partial charge in [0.2, 0.25) is 5.91 Å². The molecule has 0 spiro atoms. The van der Waals surface area contributed by atoms with E-state index in [4.69, 9.17) is 4.74 Å². The predicted octanol–water partition coefficient (Wildman–Crippen LogP) is 2.64. The lowest BCUT2D eigenvalue weighted by atomic mass is 10.1. The maximum Gasteiger partial charge on any atom is 0.409 e. The number of amides is 2. The van der Waals surface area contributed by atoms with Gasteiger partial charge in [-0.25, -0.2) is 4.79 Å². The van der Waals surface area contributed by atoms with Crippen molar-refractivity contribution < 1.29 is 14.3 Å². The second-order valence-corrected chi connectivity index (χ2v) is 6.32. The standard InChI is InChI=1S/C17H24N2O3S/c1-3-22-17(21)19-10-4-9-18(11-12-19)16(20)13-14-5-7-15(23-2)8-6-14/h5-8H,3-4,9-13H2,1-2H3. The van der Waals surface area contributed by atoms with Gasteiger partial charge in [0.25, 0.3) is 0 Å². The van der Waals surface area contributed by atoms with Gasteiger partial charge in [0, 0.05) is 31.1 Å². The van der Waals surface area contributed by atoms with Gasteiger partial charge in [0.15, 0.2) is 0 Å². The van der Waals surface area contributed by atoms with Crippen LogP contribution in [-0.4, -0.2) is 60.8 Å². The van der Waals surface area contributed by atoms with Crippen LogP contribution in [0, 0.1) is 0 Å². The minimum Gasteiger partial charge on any atom is -0.450 e. The molecule has 0 N–H and O–H groups in total. The molecule has 0 radical (unpaired) electrons. The number of carbonyl (C=O) groups is 2. The minimum atomic E-state index is -0.283. The monoisotopic (exact) mass is 336 g/mol. The van der Waals surface area contributed by atoms with Gasteiger partial charge >= 0.3 is 6.09 Å². The predicted molar refractivity (Wildman–Crippen MR) is 91.7 cm³/mol. The lowest BCUT2D eigenvalue weighted by Crippen LogP contribution is -2.38. The van der Waals surface area contributed by atoms with Crippen LogP contribution in [0.4, 0.5) is 4.79 Å². The van der Waals surface area contributed by atoms with Crippen molar-refractivity contribution in [3.05, 3.63) is 29.8 Å². The maximum absolute atomic E-state index is 12.5. The van der Waals surface area contributed by atoms with E-state index in [1.165, 1.54) is 4.90 Å². The summed E-state index contributed by atoms with van der Waals surface area (Å²) in [6, 6.07) is 8.09. The van der Waals surface area contributed by atoms with Crippen molar-refractivity contribution in [2.24, 2.45) is 0 Å². The molecule has 0 aliphatic carbocycles. The van der Waals surface area contributed by atoms with E-state index in [9.17, 15) is 9.59 Å². The second kappa shape index (κ2) is 8.82. The first-order chi connectivity index (χ1) is 11.1. The number of benzene rings is 1. The van der Waals surface area contributed by atoms with E-state index in [-0.39, 0.29) is 12.0 Å². The van der Waals surface area contributed by atoms with Crippen LogP contribution in [0.25, 0.3) is 0 Å². The van der Waals surface area contributed by atoms with E-state index in [1.54, 1.807) is 23.6 Å². The molecule has 0 saturated carbocycles. The van der Waals surface area contributed by atoms with Crippen LogP contribution in [0.1, 0.15) is 18.9 Å². The fourth-order valence-electron chi connectivity index (χ4n) is 2.59. The molecule has 6 heteroatoms. The van der Waals surface area contributed by atoms with Crippen LogP contribution in [0.3, 0.4) is 0 Å². The van der Waals surface area contributed by atoms with Gasteiger partial charge in [-0.1, -0.05) is 12.1 Å². The van der Waals surface area contributed by atoms with E-state index < -0.39 is 0 Å². The van der Waals surface area contributed by atoms with Gasteiger partial charge in [-0.2, -0.15) is 0 Å². The van der Waals surface area contributed by atoms with Crippen molar-refractivity contribution in [1.82, 2.24) is 9.80 Å². The van der Waals surface area contributed by atoms with Crippen molar-refractivity contribution >= 4 is 23.8 Å². The Balaban J connectivity index is 1.88. The summed E-state index contributed by atoms with van der Waals surface area (Å²) in [6.45, 7) is 4.62. The van der Waals surface area contributed by atoms with Gasteiger partial charge in [0.05, 0.1) is 13.0 Å². The molecule has 0 atom stereocenters. The molecule has 1 saturated heterocycles. The van der Waals surface area contributed by atoms with Crippen molar-refractivity contribution in [2.75, 3.05) is 39.0 Å². The fourth-order valence-corrected chi connectivity index (χ4v) is 3.00. The van der Waals surface area contributed by atoms with Gasteiger partial charge in [-0.15, -0.1) is 11.8 Å². The molecule has 2 amide bonds. The average Bonchev–Trinajstić information content (AvgIpc) is 2.82. The summed E-state index contributed by atoms with van der Waals surface area (Å²) in [5, 5.41) is 0. The molecule has 0 bridgehead atoms. The summed E-state index contributed by atoms with van der Waals surface area (Å²) >= 11 is 1.69. The Hall–Kier alpha value is -1.69. The molecule has 23 heavy (non-hydrogen) atoms. The van der Waals surface area contributed by atoms with E-state index in [0.717, 1.165) is 12.0 Å². The van der Waals surface area contributed by atoms with E-state index >= 15 is 0 Å². The summed E-state index contributed by atoms with van der Waals surface area (Å²) in [5.74, 6) is 0.118. The first-order valence-electron chi connectivity index (χ1n) is 7.96. The molecule has 2 rings (SSSR count). The fraction of sp³-hybridized carbons (Fsp3) is 0.529. The summed E-state index contributed by atoms with van der Waals surface area (Å²) in [4.78, 5) is 29.0. The Labute approximate surface area is 142 Å². The third kappa shape index (κ3) is 5.16. The summed E-state index contributed by atoms with van der Waals surface area (Å²) in [7, 11) is 0. The van der Waals surface area contributed by atoms with Gasteiger partial charge < -0.3 is 14.5 Å². The van der Waals surface area contributed by atoms with E-state index in [1.807, 2.05) is 35.4 Å². The molecule has 1 fully saturated rings. The number of rotatable bonds is 4. The lowest BCUT2D eigenvalue weighted by Gasteiger charge is -2.21. The maximum atomic E-state index is 12.5. The molecule has 1 aliphatic heterocycles. The third-order valence-corrected chi connectivity index (χ3v) is 4.63. The Morgan fingerprint density at radius 2 is 1.74 bits per heavy atom. The first kappa shape index (κ1) is 17.7. The van der Waals surface area contributed by atoms with Crippen LogP contribution in [-0.2, 0) is 16.0 Å². The van der Waals surface area contributed by atoms with Crippen LogP contribution in [0.15, 0.2) is 29.2 Å². The first-order valence-corrected chi connectivity index (χ1v) is 9.19. The van der Waals surface area contributed by atoms with Crippen LogP contribution in [0.2, 0.25) is 0 Å². The van der Waals surface area contributed by atoms with Crippen molar-refractivity contribution in [3.8, 4) is 0 Å². The molecule has 1 aromatic carbocycles. The molecular weight excluding hydrogens is 312 g/mol. The van der Waals surface area contributed by atoms with Crippen LogP contribution in [0.5, 0.6) is 0 Å². The van der Waals surface area contributed by atoms with Crippen molar-refractivity contribution in [3.63, 3.8) is 0 Å². The Kier molecular flexibility index (Phi) is 6.77. The highest BCUT2D eigenvalue weighted by Crippen LogP contribution is 2.16. The Bertz CT molecular complexity index is 533. The lowest BCUT2D eigenvalue weighted by molar-refractivity contribution is -0.130. The molecule has 1 aliphatic rings. The summed E-state index contributed by atoms with van der Waals surface area (Å²) < 4.78 is 5.03. The van der Waals surface area contributed by atoms with Gasteiger partial charge in [-0.3, -0.25) is 4.79 Å². The molecule has 126 valence electrons. The molecule has 1 heterocycles. The zero-order valence-corrected chi connectivity index (χ0v) is 14.6. The Morgan fingerprint density at radius 3 is 2.39 bits per heavy atom. The van der Waals surface area contributed by atoms with E-state index in [2.05, 4.69) is 0 Å². The largest absolute Gasteiger partial charge is 0.450 e. The van der Waals surface area contributed by atoms with Crippen molar-refractivity contribution in [2.45, 2.75) is 24.7 Å². The highest BCUT2D eigenvalue weighted by molar-refractivity contribution is 7.98. The normalized spacial score (nSPS) is 15.2. The smallest absolute Gasteiger partial charge is 0.409 e. The minimum absolute atomic E-state index is 0.118. The third-order valence-electron chi connectivity index (χ3n) is 3.89. The second-order valence-electron chi connectivity index (χ2n) is 5.45. The quantitative estimate of drug-likeness (QED) is 0.793. The molecule has 1 aromatic rings.